The van der Waals surface area contributed by atoms with Crippen LogP contribution in [0, 0.1) is 0 Å². The van der Waals surface area contributed by atoms with Gasteiger partial charge in [-0.3, -0.25) is 0 Å². The molecule has 1 N–H and O–H groups in total. The lowest BCUT2D eigenvalue weighted by Gasteiger charge is -2.05. The number of aliphatic hydroxyl groups is 1. The summed E-state index contributed by atoms with van der Waals surface area (Å²) >= 11 is 1.74. The third-order valence-corrected chi connectivity index (χ3v) is 2.89. The number of nitrogens with zero attached hydrogens (tertiary/aromatic N) is 2. The average molecular weight is 214 g/mol. The fourth-order valence-electron chi connectivity index (χ4n) is 1.18. The first-order valence-corrected chi connectivity index (χ1v) is 5.66. The summed E-state index contributed by atoms with van der Waals surface area (Å²) in [5.41, 5.74) is 0. The van der Waals surface area contributed by atoms with Crippen molar-refractivity contribution < 1.29 is 5.11 Å². The molecular formula is C10H18N2OS. The highest BCUT2D eigenvalue weighted by Crippen LogP contribution is 2.16. The average Bonchev–Trinajstić information content (AvgIpc) is 2.47. The summed E-state index contributed by atoms with van der Waals surface area (Å²) in [5, 5.41) is 10.3. The Morgan fingerprint density at radius 1 is 1.57 bits per heavy atom. The molecule has 14 heavy (non-hydrogen) atoms. The Hall–Kier alpha value is -0.450. The summed E-state index contributed by atoms with van der Waals surface area (Å²) in [4.78, 5) is 7.74. The number of rotatable bonds is 5. The fourth-order valence-corrected chi connectivity index (χ4v) is 2.24. The number of aliphatic hydroxyl groups excluding tert-OH is 1. The fraction of sp³-hybridized carbons (Fsp3) is 0.700. The Morgan fingerprint density at radius 2 is 2.29 bits per heavy atom. The van der Waals surface area contributed by atoms with Crippen molar-refractivity contribution in [2.24, 2.45) is 0 Å². The highest BCUT2D eigenvalue weighted by atomic mass is 32.1. The Morgan fingerprint density at radius 3 is 2.86 bits per heavy atom. The van der Waals surface area contributed by atoms with Gasteiger partial charge in [0.2, 0.25) is 0 Å². The molecule has 1 rings (SSSR count). The van der Waals surface area contributed by atoms with Crippen LogP contribution in [0.3, 0.4) is 0 Å². The van der Waals surface area contributed by atoms with Gasteiger partial charge in [-0.05, 0) is 27.4 Å². The molecule has 0 aliphatic rings. The molecule has 1 aromatic heterocycles. The second-order valence-corrected chi connectivity index (χ2v) is 5.05. The van der Waals surface area contributed by atoms with Crippen molar-refractivity contribution in [2.45, 2.75) is 32.4 Å². The molecule has 0 aliphatic carbocycles. The molecule has 0 saturated heterocycles. The van der Waals surface area contributed by atoms with Gasteiger partial charge in [-0.2, -0.15) is 0 Å². The van der Waals surface area contributed by atoms with E-state index >= 15 is 0 Å². The van der Waals surface area contributed by atoms with E-state index in [9.17, 15) is 0 Å². The van der Waals surface area contributed by atoms with Gasteiger partial charge in [0.05, 0.1) is 11.1 Å². The first-order valence-electron chi connectivity index (χ1n) is 4.84. The highest BCUT2D eigenvalue weighted by Gasteiger charge is 2.04. The Kier molecular flexibility index (Phi) is 4.51. The second kappa shape index (κ2) is 5.44. The molecule has 0 aromatic carbocycles. The van der Waals surface area contributed by atoms with Gasteiger partial charge >= 0.3 is 0 Å². The smallest absolute Gasteiger partial charge is 0.0929 e. The summed E-state index contributed by atoms with van der Waals surface area (Å²) < 4.78 is 0. The summed E-state index contributed by atoms with van der Waals surface area (Å²) in [5.74, 6) is 0. The van der Waals surface area contributed by atoms with Crippen LogP contribution in [0.5, 0.6) is 0 Å². The van der Waals surface area contributed by atoms with Crippen LogP contribution in [0.1, 0.15) is 23.2 Å². The van der Waals surface area contributed by atoms with E-state index in [1.807, 2.05) is 13.1 Å². The first-order chi connectivity index (χ1) is 6.58. The molecule has 1 aromatic rings. The van der Waals surface area contributed by atoms with Crippen LogP contribution in [-0.4, -0.2) is 35.2 Å². The minimum atomic E-state index is -0.226. The van der Waals surface area contributed by atoms with Crippen molar-refractivity contribution in [1.29, 1.82) is 0 Å². The van der Waals surface area contributed by atoms with Gasteiger partial charge in [-0.15, -0.1) is 11.3 Å². The van der Waals surface area contributed by atoms with Crippen molar-refractivity contribution in [3.8, 4) is 0 Å². The number of thiazole rings is 1. The minimum absolute atomic E-state index is 0.226. The zero-order valence-electron chi connectivity index (χ0n) is 9.03. The van der Waals surface area contributed by atoms with Gasteiger partial charge in [0.15, 0.2) is 0 Å². The number of aromatic nitrogens is 1. The zero-order valence-corrected chi connectivity index (χ0v) is 9.84. The number of hydrogen-bond acceptors (Lipinski definition) is 4. The quantitative estimate of drug-likeness (QED) is 0.807. The molecule has 80 valence electrons. The van der Waals surface area contributed by atoms with Gasteiger partial charge in [0.25, 0.3) is 0 Å². The Labute approximate surface area is 89.4 Å². The number of aryl methyl sites for hydroxylation is 1. The third kappa shape index (κ3) is 4.17. The maximum atomic E-state index is 9.13. The summed E-state index contributed by atoms with van der Waals surface area (Å²) in [6.45, 7) is 2.76. The summed E-state index contributed by atoms with van der Waals surface area (Å²) in [7, 11) is 4.10. The molecular weight excluding hydrogens is 196 g/mol. The summed E-state index contributed by atoms with van der Waals surface area (Å²) in [6, 6.07) is 0. The van der Waals surface area contributed by atoms with E-state index in [1.165, 1.54) is 4.88 Å². The molecule has 0 bridgehead atoms. The van der Waals surface area contributed by atoms with Crippen LogP contribution >= 0.6 is 11.3 Å². The van der Waals surface area contributed by atoms with E-state index < -0.39 is 0 Å². The van der Waals surface area contributed by atoms with Crippen molar-refractivity contribution in [1.82, 2.24) is 9.88 Å². The van der Waals surface area contributed by atoms with E-state index in [0.29, 0.717) is 0 Å². The maximum Gasteiger partial charge on any atom is 0.0929 e. The molecule has 0 fully saturated rings. The van der Waals surface area contributed by atoms with E-state index in [-0.39, 0.29) is 6.10 Å². The third-order valence-electron chi connectivity index (χ3n) is 1.85. The first kappa shape index (κ1) is 11.6. The molecule has 0 radical (unpaired) electrons. The predicted molar refractivity (Wildman–Crippen MR) is 59.5 cm³/mol. The van der Waals surface area contributed by atoms with Crippen LogP contribution in [0.2, 0.25) is 0 Å². The molecule has 0 saturated carbocycles. The largest absolute Gasteiger partial charge is 0.393 e. The molecule has 3 nitrogen and oxygen atoms in total. The molecule has 0 amide bonds. The van der Waals surface area contributed by atoms with E-state index in [4.69, 9.17) is 5.11 Å². The SMILES string of the molecule is CC(O)CCc1ncc(CN(C)C)s1. The topological polar surface area (TPSA) is 36.4 Å². The van der Waals surface area contributed by atoms with Crippen molar-refractivity contribution in [2.75, 3.05) is 14.1 Å². The Balaban J connectivity index is 2.42. The maximum absolute atomic E-state index is 9.13. The predicted octanol–water partition coefficient (Wildman–Crippen LogP) is 1.52. The highest BCUT2D eigenvalue weighted by molar-refractivity contribution is 7.11. The summed E-state index contributed by atoms with van der Waals surface area (Å²) in [6.07, 6.45) is 3.39. The Bertz CT molecular complexity index is 271. The van der Waals surface area contributed by atoms with Gasteiger partial charge in [0, 0.05) is 24.0 Å². The monoisotopic (exact) mass is 214 g/mol. The van der Waals surface area contributed by atoms with Crippen molar-refractivity contribution >= 4 is 11.3 Å². The van der Waals surface area contributed by atoms with Gasteiger partial charge < -0.3 is 10.0 Å². The number of hydrogen-bond donors (Lipinski definition) is 1. The standard InChI is InChI=1S/C10H18N2OS/c1-8(13)4-5-10-11-6-9(14-10)7-12(2)3/h6,8,13H,4-5,7H2,1-3H3. The van der Waals surface area contributed by atoms with Gasteiger partial charge in [-0.25, -0.2) is 4.98 Å². The van der Waals surface area contributed by atoms with Crippen LogP contribution in [0.25, 0.3) is 0 Å². The van der Waals surface area contributed by atoms with Gasteiger partial charge in [0.1, 0.15) is 0 Å². The van der Waals surface area contributed by atoms with Crippen molar-refractivity contribution in [3.05, 3.63) is 16.1 Å². The zero-order chi connectivity index (χ0) is 10.6. The lowest BCUT2D eigenvalue weighted by molar-refractivity contribution is 0.185. The van der Waals surface area contributed by atoms with Crippen molar-refractivity contribution in [3.63, 3.8) is 0 Å². The molecule has 1 heterocycles. The lowest BCUT2D eigenvalue weighted by Crippen LogP contribution is -2.09. The van der Waals surface area contributed by atoms with Crippen LogP contribution in [-0.2, 0) is 13.0 Å². The second-order valence-electron chi connectivity index (χ2n) is 3.85. The molecule has 1 atom stereocenters. The lowest BCUT2D eigenvalue weighted by atomic mass is 10.2. The van der Waals surface area contributed by atoms with E-state index in [0.717, 1.165) is 24.4 Å². The normalized spacial score (nSPS) is 13.5. The minimum Gasteiger partial charge on any atom is -0.393 e. The molecule has 0 aliphatic heterocycles. The van der Waals surface area contributed by atoms with Crippen LogP contribution in [0.4, 0.5) is 0 Å². The van der Waals surface area contributed by atoms with Gasteiger partial charge in [-0.1, -0.05) is 0 Å². The van der Waals surface area contributed by atoms with E-state index in [2.05, 4.69) is 24.0 Å². The van der Waals surface area contributed by atoms with E-state index in [1.54, 1.807) is 11.3 Å². The molecule has 1 unspecified atom stereocenters. The molecule has 0 spiro atoms. The van der Waals surface area contributed by atoms with Crippen LogP contribution < -0.4 is 0 Å². The van der Waals surface area contributed by atoms with Crippen LogP contribution in [0.15, 0.2) is 6.20 Å². The molecule has 4 heteroatoms.